The molecule has 1 atom stereocenters. The van der Waals surface area contributed by atoms with Crippen molar-refractivity contribution in [2.24, 2.45) is 0 Å². The van der Waals surface area contributed by atoms with E-state index in [1.165, 1.54) is 11.3 Å². The highest BCUT2D eigenvalue weighted by Crippen LogP contribution is 2.35. The Kier molecular flexibility index (Phi) is 4.08. The molecule has 0 aliphatic rings. The van der Waals surface area contributed by atoms with Crippen molar-refractivity contribution in [2.45, 2.75) is 20.0 Å². The summed E-state index contributed by atoms with van der Waals surface area (Å²) in [6, 6.07) is 7.24. The minimum Gasteiger partial charge on any atom is -0.478 e. The number of halogens is 1. The highest BCUT2D eigenvalue weighted by Gasteiger charge is 2.23. The third-order valence-corrected chi connectivity index (χ3v) is 4.70. The van der Waals surface area contributed by atoms with Crippen molar-refractivity contribution in [3.8, 4) is 0 Å². The fraction of sp³-hybridized carbons (Fsp3) is 0.214. The second-order valence-electron chi connectivity index (χ2n) is 4.34. The zero-order valence-corrected chi connectivity index (χ0v) is 12.9. The Bertz CT molecular complexity index is 634. The molecule has 100 valence electrons. The van der Waals surface area contributed by atoms with Gasteiger partial charge in [-0.25, -0.2) is 4.79 Å². The first-order chi connectivity index (χ1) is 8.91. The number of aliphatic hydroxyl groups is 1. The Labute approximate surface area is 123 Å². The Balaban J connectivity index is 2.61. The smallest absolute Gasteiger partial charge is 0.336 e. The molecule has 5 heteroatoms. The van der Waals surface area contributed by atoms with Crippen LogP contribution in [-0.4, -0.2) is 16.2 Å². The molecule has 1 unspecified atom stereocenters. The third kappa shape index (κ3) is 2.73. The van der Waals surface area contributed by atoms with Gasteiger partial charge in [-0.15, -0.1) is 11.3 Å². The number of carboxylic acids is 1. The van der Waals surface area contributed by atoms with Gasteiger partial charge in [0, 0.05) is 10.4 Å². The molecular weight excluding hydrogens is 328 g/mol. The van der Waals surface area contributed by atoms with Gasteiger partial charge < -0.3 is 10.2 Å². The molecular formula is C14H13BrO3S. The first-order valence-electron chi connectivity index (χ1n) is 5.68. The van der Waals surface area contributed by atoms with Crippen molar-refractivity contribution < 1.29 is 15.0 Å². The van der Waals surface area contributed by atoms with Crippen molar-refractivity contribution in [2.75, 3.05) is 0 Å². The molecule has 0 saturated heterocycles. The monoisotopic (exact) mass is 340 g/mol. The topological polar surface area (TPSA) is 57.5 Å². The van der Waals surface area contributed by atoms with Crippen molar-refractivity contribution >= 4 is 33.2 Å². The zero-order chi connectivity index (χ0) is 14.2. The zero-order valence-electron chi connectivity index (χ0n) is 10.5. The summed E-state index contributed by atoms with van der Waals surface area (Å²) in [6.45, 7) is 3.55. The average Bonchev–Trinajstić information content (AvgIpc) is 2.77. The van der Waals surface area contributed by atoms with Gasteiger partial charge in [-0.1, -0.05) is 12.1 Å². The minimum atomic E-state index is -1.01. The van der Waals surface area contributed by atoms with Crippen LogP contribution >= 0.6 is 27.3 Å². The number of rotatable bonds is 3. The molecule has 2 rings (SSSR count). The van der Waals surface area contributed by atoms with Crippen molar-refractivity contribution in [3.05, 3.63) is 55.2 Å². The van der Waals surface area contributed by atoms with Crippen LogP contribution < -0.4 is 0 Å². The minimum absolute atomic E-state index is 0.192. The summed E-state index contributed by atoms with van der Waals surface area (Å²) < 4.78 is 0.906. The van der Waals surface area contributed by atoms with E-state index in [9.17, 15) is 15.0 Å². The second kappa shape index (κ2) is 5.45. The lowest BCUT2D eigenvalue weighted by Crippen LogP contribution is -2.11. The molecule has 2 aromatic rings. The summed E-state index contributed by atoms with van der Waals surface area (Å²) >= 11 is 4.74. The lowest BCUT2D eigenvalue weighted by atomic mass is 9.93. The quantitative estimate of drug-likeness (QED) is 0.890. The van der Waals surface area contributed by atoms with E-state index in [1.807, 2.05) is 19.1 Å². The molecule has 19 heavy (non-hydrogen) atoms. The van der Waals surface area contributed by atoms with Gasteiger partial charge in [0.1, 0.15) is 6.10 Å². The molecule has 1 aromatic heterocycles. The predicted octanol–water partition coefficient (Wildman–Crippen LogP) is 3.91. The molecule has 1 aromatic carbocycles. The third-order valence-electron chi connectivity index (χ3n) is 3.02. The molecule has 3 nitrogen and oxygen atoms in total. The normalized spacial score (nSPS) is 12.4. The number of aryl methyl sites for hydroxylation is 2. The maximum absolute atomic E-state index is 11.4. The molecule has 0 fully saturated rings. The number of carboxylic acid groups (broad SMARTS) is 1. The van der Waals surface area contributed by atoms with E-state index in [0.29, 0.717) is 11.1 Å². The molecule has 1 heterocycles. The molecule has 0 aliphatic heterocycles. The highest BCUT2D eigenvalue weighted by atomic mass is 79.9. The van der Waals surface area contributed by atoms with Crippen LogP contribution in [0, 0.1) is 13.8 Å². The number of aromatic carboxylic acids is 1. The number of benzene rings is 1. The van der Waals surface area contributed by atoms with Gasteiger partial charge in [-0.2, -0.15) is 0 Å². The highest BCUT2D eigenvalue weighted by molar-refractivity contribution is 9.11. The second-order valence-corrected chi connectivity index (χ2v) is 6.83. The van der Waals surface area contributed by atoms with E-state index in [1.54, 1.807) is 19.1 Å². The van der Waals surface area contributed by atoms with Gasteiger partial charge in [0.15, 0.2) is 0 Å². The molecule has 0 bridgehead atoms. The van der Waals surface area contributed by atoms with Crippen LogP contribution in [-0.2, 0) is 0 Å². The largest absolute Gasteiger partial charge is 0.478 e. The molecule has 0 amide bonds. The fourth-order valence-electron chi connectivity index (χ4n) is 2.09. The van der Waals surface area contributed by atoms with Gasteiger partial charge in [-0.3, -0.25) is 0 Å². The summed E-state index contributed by atoms with van der Waals surface area (Å²) in [5, 5.41) is 19.8. The van der Waals surface area contributed by atoms with Gasteiger partial charge in [0.25, 0.3) is 0 Å². The van der Waals surface area contributed by atoms with E-state index in [2.05, 4.69) is 15.9 Å². The molecule has 2 N–H and O–H groups in total. The van der Waals surface area contributed by atoms with Gasteiger partial charge in [-0.05, 0) is 53.0 Å². The van der Waals surface area contributed by atoms with Crippen LogP contribution in [0.1, 0.15) is 38.0 Å². The number of hydrogen-bond acceptors (Lipinski definition) is 3. The van der Waals surface area contributed by atoms with Crippen LogP contribution in [0.25, 0.3) is 0 Å². The SMILES string of the molecule is Cc1ccc(C)c(C(O)c2ccc(Br)s2)c1C(=O)O. The fourth-order valence-corrected chi connectivity index (χ4v) is 3.51. The summed E-state index contributed by atoms with van der Waals surface area (Å²) in [4.78, 5) is 12.1. The summed E-state index contributed by atoms with van der Waals surface area (Å²) in [5.41, 5.74) is 2.10. The van der Waals surface area contributed by atoms with Crippen molar-refractivity contribution in [1.29, 1.82) is 0 Å². The molecule has 0 spiro atoms. The number of hydrogen-bond donors (Lipinski definition) is 2. The van der Waals surface area contributed by atoms with Crippen molar-refractivity contribution in [3.63, 3.8) is 0 Å². The van der Waals surface area contributed by atoms with E-state index < -0.39 is 12.1 Å². The summed E-state index contributed by atoms with van der Waals surface area (Å²) in [6.07, 6.45) is -0.915. The first-order valence-corrected chi connectivity index (χ1v) is 7.29. The van der Waals surface area contributed by atoms with Crippen LogP contribution in [0.4, 0.5) is 0 Å². The lowest BCUT2D eigenvalue weighted by Gasteiger charge is -2.17. The summed E-state index contributed by atoms with van der Waals surface area (Å²) in [5.74, 6) is -1.01. The maximum atomic E-state index is 11.4. The van der Waals surface area contributed by atoms with Gasteiger partial charge in [0.2, 0.25) is 0 Å². The van der Waals surface area contributed by atoms with Crippen molar-refractivity contribution in [1.82, 2.24) is 0 Å². The van der Waals surface area contributed by atoms with Gasteiger partial charge >= 0.3 is 5.97 Å². The number of aliphatic hydroxyl groups excluding tert-OH is 1. The Morgan fingerprint density at radius 3 is 2.37 bits per heavy atom. The molecule has 0 saturated carbocycles. The van der Waals surface area contributed by atoms with Crippen LogP contribution in [0.5, 0.6) is 0 Å². The van der Waals surface area contributed by atoms with Gasteiger partial charge in [0.05, 0.1) is 9.35 Å². The Morgan fingerprint density at radius 2 is 1.84 bits per heavy atom. The van der Waals surface area contributed by atoms with Crippen LogP contribution in [0.15, 0.2) is 28.1 Å². The van der Waals surface area contributed by atoms with E-state index >= 15 is 0 Å². The maximum Gasteiger partial charge on any atom is 0.336 e. The van der Waals surface area contributed by atoms with E-state index in [-0.39, 0.29) is 5.56 Å². The average molecular weight is 341 g/mol. The number of thiophene rings is 1. The first kappa shape index (κ1) is 14.2. The standard InChI is InChI=1S/C14H13BrO3S/c1-7-3-4-8(2)12(14(17)18)11(7)13(16)9-5-6-10(15)19-9/h3-6,13,16H,1-2H3,(H,17,18). The Hall–Kier alpha value is -1.17. The summed E-state index contributed by atoms with van der Waals surface area (Å²) in [7, 11) is 0. The lowest BCUT2D eigenvalue weighted by molar-refractivity contribution is 0.0690. The predicted molar refractivity (Wildman–Crippen MR) is 79.0 cm³/mol. The number of carbonyl (C=O) groups is 1. The van der Waals surface area contributed by atoms with E-state index in [4.69, 9.17) is 0 Å². The molecule has 0 aliphatic carbocycles. The Morgan fingerprint density at radius 1 is 1.21 bits per heavy atom. The molecule has 0 radical (unpaired) electrons. The van der Waals surface area contributed by atoms with Crippen LogP contribution in [0.2, 0.25) is 0 Å². The van der Waals surface area contributed by atoms with E-state index in [0.717, 1.165) is 14.2 Å². The van der Waals surface area contributed by atoms with Crippen LogP contribution in [0.3, 0.4) is 0 Å².